The Balaban J connectivity index is 1.89. The van der Waals surface area contributed by atoms with Gasteiger partial charge >= 0.3 is 6.03 Å². The van der Waals surface area contributed by atoms with Crippen LogP contribution in [0.25, 0.3) is 0 Å². The van der Waals surface area contributed by atoms with Crippen molar-refractivity contribution < 1.29 is 4.79 Å². The van der Waals surface area contributed by atoms with E-state index in [2.05, 4.69) is 5.32 Å². The monoisotopic (exact) mass is 302 g/mol. The molecule has 2 aromatic carbocycles. The number of urea groups is 1. The third-order valence-electron chi connectivity index (χ3n) is 3.24. The molecule has 4 heteroatoms. The van der Waals surface area contributed by atoms with Crippen LogP contribution in [-0.2, 0) is 13.1 Å². The van der Waals surface area contributed by atoms with Crippen LogP contribution in [0.2, 0.25) is 5.02 Å². The van der Waals surface area contributed by atoms with Gasteiger partial charge in [-0.05, 0) is 30.2 Å². The normalized spacial score (nSPS) is 10.2. The van der Waals surface area contributed by atoms with Gasteiger partial charge in [0.05, 0.1) is 0 Å². The maximum atomic E-state index is 12.2. The molecule has 0 aliphatic heterocycles. The summed E-state index contributed by atoms with van der Waals surface area (Å²) in [6.45, 7) is 3.76. The lowest BCUT2D eigenvalue weighted by Crippen LogP contribution is -2.39. The predicted molar refractivity (Wildman–Crippen MR) is 86.2 cm³/mol. The first-order valence-electron chi connectivity index (χ1n) is 7.00. The molecule has 1 N–H and O–H groups in total. The molecule has 2 amide bonds. The van der Waals surface area contributed by atoms with E-state index in [1.807, 2.05) is 61.5 Å². The summed E-state index contributed by atoms with van der Waals surface area (Å²) in [6, 6.07) is 17.4. The fourth-order valence-corrected chi connectivity index (χ4v) is 2.15. The Morgan fingerprint density at radius 1 is 1.05 bits per heavy atom. The van der Waals surface area contributed by atoms with Crippen molar-refractivity contribution in [2.45, 2.75) is 20.0 Å². The van der Waals surface area contributed by atoms with E-state index in [0.29, 0.717) is 24.7 Å². The zero-order chi connectivity index (χ0) is 15.1. The molecule has 0 spiro atoms. The Bertz CT molecular complexity index is 569. The molecule has 2 aromatic rings. The molecule has 0 saturated heterocycles. The fraction of sp³-hybridized carbons (Fsp3) is 0.235. The molecule has 0 radical (unpaired) electrons. The molecule has 0 fully saturated rings. The molecule has 0 aliphatic carbocycles. The first kappa shape index (κ1) is 15.4. The second kappa shape index (κ2) is 7.70. The quantitative estimate of drug-likeness (QED) is 0.887. The van der Waals surface area contributed by atoms with Crippen LogP contribution in [0.3, 0.4) is 0 Å². The zero-order valence-corrected chi connectivity index (χ0v) is 12.8. The number of halogens is 1. The summed E-state index contributed by atoms with van der Waals surface area (Å²) in [7, 11) is 0. The summed E-state index contributed by atoms with van der Waals surface area (Å²) < 4.78 is 0. The molecule has 0 unspecified atom stereocenters. The topological polar surface area (TPSA) is 32.3 Å². The molecule has 0 atom stereocenters. The number of carbonyl (C=O) groups excluding carboxylic acids is 1. The van der Waals surface area contributed by atoms with Crippen molar-refractivity contribution in [3.63, 3.8) is 0 Å². The first-order chi connectivity index (χ1) is 10.2. The highest BCUT2D eigenvalue weighted by Gasteiger charge is 2.11. The van der Waals surface area contributed by atoms with Gasteiger partial charge in [0, 0.05) is 24.7 Å². The molecule has 0 bridgehead atoms. The van der Waals surface area contributed by atoms with E-state index in [0.717, 1.165) is 11.1 Å². The van der Waals surface area contributed by atoms with Gasteiger partial charge in [0.2, 0.25) is 0 Å². The van der Waals surface area contributed by atoms with E-state index in [1.165, 1.54) is 0 Å². The van der Waals surface area contributed by atoms with Crippen LogP contribution in [0, 0.1) is 0 Å². The van der Waals surface area contributed by atoms with E-state index in [1.54, 1.807) is 4.90 Å². The first-order valence-corrected chi connectivity index (χ1v) is 7.38. The highest BCUT2D eigenvalue weighted by molar-refractivity contribution is 6.30. The Morgan fingerprint density at radius 2 is 1.71 bits per heavy atom. The van der Waals surface area contributed by atoms with E-state index in [4.69, 9.17) is 11.6 Å². The second-order valence-corrected chi connectivity index (χ2v) is 5.22. The molecule has 0 saturated carbocycles. The van der Waals surface area contributed by atoms with Crippen LogP contribution in [0.15, 0.2) is 54.6 Å². The third-order valence-corrected chi connectivity index (χ3v) is 3.49. The fourth-order valence-electron chi connectivity index (χ4n) is 2.02. The smallest absolute Gasteiger partial charge is 0.317 e. The third kappa shape index (κ3) is 4.80. The van der Waals surface area contributed by atoms with Gasteiger partial charge < -0.3 is 10.2 Å². The van der Waals surface area contributed by atoms with Crippen molar-refractivity contribution in [1.82, 2.24) is 10.2 Å². The second-order valence-electron chi connectivity index (χ2n) is 4.78. The van der Waals surface area contributed by atoms with Crippen molar-refractivity contribution in [3.8, 4) is 0 Å². The molecule has 110 valence electrons. The minimum atomic E-state index is -0.0590. The lowest BCUT2D eigenvalue weighted by atomic mass is 10.2. The maximum absolute atomic E-state index is 12.2. The number of amides is 2. The number of benzene rings is 2. The lowest BCUT2D eigenvalue weighted by molar-refractivity contribution is 0.197. The van der Waals surface area contributed by atoms with E-state index < -0.39 is 0 Å². The van der Waals surface area contributed by atoms with Crippen molar-refractivity contribution in [2.75, 3.05) is 6.54 Å². The Labute approximate surface area is 130 Å². The van der Waals surface area contributed by atoms with Gasteiger partial charge in [-0.1, -0.05) is 54.1 Å². The number of carbonyl (C=O) groups is 1. The molecular formula is C17H19ClN2O. The summed E-state index contributed by atoms with van der Waals surface area (Å²) >= 11 is 5.84. The molecular weight excluding hydrogens is 284 g/mol. The summed E-state index contributed by atoms with van der Waals surface area (Å²) in [4.78, 5) is 14.0. The number of rotatable bonds is 5. The highest BCUT2D eigenvalue weighted by Crippen LogP contribution is 2.09. The van der Waals surface area contributed by atoms with Crippen LogP contribution in [0.4, 0.5) is 4.79 Å². The van der Waals surface area contributed by atoms with Gasteiger partial charge in [0.25, 0.3) is 0 Å². The number of hydrogen-bond donors (Lipinski definition) is 1. The zero-order valence-electron chi connectivity index (χ0n) is 12.1. The lowest BCUT2D eigenvalue weighted by Gasteiger charge is -2.21. The minimum Gasteiger partial charge on any atom is -0.334 e. The van der Waals surface area contributed by atoms with Crippen LogP contribution in [0.5, 0.6) is 0 Å². The highest BCUT2D eigenvalue weighted by atomic mass is 35.5. The number of hydrogen-bond acceptors (Lipinski definition) is 1. The summed E-state index contributed by atoms with van der Waals surface area (Å²) in [5.74, 6) is 0. The van der Waals surface area contributed by atoms with E-state index >= 15 is 0 Å². The Hall–Kier alpha value is -2.00. The van der Waals surface area contributed by atoms with Gasteiger partial charge in [-0.2, -0.15) is 0 Å². The van der Waals surface area contributed by atoms with Gasteiger partial charge in [0.1, 0.15) is 0 Å². The van der Waals surface area contributed by atoms with Crippen LogP contribution in [-0.4, -0.2) is 17.5 Å². The van der Waals surface area contributed by atoms with Crippen molar-refractivity contribution >= 4 is 17.6 Å². The average molecular weight is 303 g/mol. The van der Waals surface area contributed by atoms with Crippen LogP contribution >= 0.6 is 11.6 Å². The molecule has 3 nitrogen and oxygen atoms in total. The Morgan fingerprint density at radius 3 is 2.33 bits per heavy atom. The molecule has 0 aromatic heterocycles. The molecule has 0 heterocycles. The predicted octanol–water partition coefficient (Wildman–Crippen LogP) is 4.07. The summed E-state index contributed by atoms with van der Waals surface area (Å²) in [6.07, 6.45) is 0. The van der Waals surface area contributed by atoms with Crippen molar-refractivity contribution in [1.29, 1.82) is 0 Å². The van der Waals surface area contributed by atoms with Gasteiger partial charge in [0.15, 0.2) is 0 Å². The Kier molecular flexibility index (Phi) is 5.64. The standard InChI is InChI=1S/C17H19ClN2O/c1-2-20(13-15-6-4-3-5-7-15)17(21)19-12-14-8-10-16(18)11-9-14/h3-11H,2,12-13H2,1H3,(H,19,21). The number of nitrogens with zero attached hydrogens (tertiary/aromatic N) is 1. The minimum absolute atomic E-state index is 0.0590. The molecule has 21 heavy (non-hydrogen) atoms. The van der Waals surface area contributed by atoms with Crippen LogP contribution in [0.1, 0.15) is 18.1 Å². The maximum Gasteiger partial charge on any atom is 0.317 e. The van der Waals surface area contributed by atoms with E-state index in [-0.39, 0.29) is 6.03 Å². The SMILES string of the molecule is CCN(Cc1ccccc1)C(=O)NCc1ccc(Cl)cc1. The van der Waals surface area contributed by atoms with Crippen molar-refractivity contribution in [2.24, 2.45) is 0 Å². The summed E-state index contributed by atoms with van der Waals surface area (Å²) in [5.41, 5.74) is 2.16. The van der Waals surface area contributed by atoms with Gasteiger partial charge in [-0.25, -0.2) is 4.79 Å². The molecule has 2 rings (SSSR count). The van der Waals surface area contributed by atoms with Crippen LogP contribution < -0.4 is 5.32 Å². The van der Waals surface area contributed by atoms with Crippen molar-refractivity contribution in [3.05, 3.63) is 70.7 Å². The van der Waals surface area contributed by atoms with E-state index in [9.17, 15) is 4.79 Å². The van der Waals surface area contributed by atoms with Gasteiger partial charge in [-0.3, -0.25) is 0 Å². The largest absolute Gasteiger partial charge is 0.334 e. The molecule has 0 aliphatic rings. The average Bonchev–Trinajstić information content (AvgIpc) is 2.52. The van der Waals surface area contributed by atoms with Gasteiger partial charge in [-0.15, -0.1) is 0 Å². The number of nitrogens with one attached hydrogen (secondary N) is 1. The summed E-state index contributed by atoms with van der Waals surface area (Å²) in [5, 5.41) is 3.63.